The zero-order valence-corrected chi connectivity index (χ0v) is 15.0. The number of nitrogens with two attached hydrogens (primary N) is 1. The number of allylic oxidation sites excluding steroid dienone is 3. The van der Waals surface area contributed by atoms with E-state index in [1.54, 1.807) is 0 Å². The molecule has 3 rings (SSSR count). The maximum absolute atomic E-state index is 14.0. The lowest BCUT2D eigenvalue weighted by Gasteiger charge is -2.16. The van der Waals surface area contributed by atoms with Crippen LogP contribution in [0.25, 0.3) is 17.0 Å². The standard InChI is InChI=1S/C17H16F3N3O3S/c1-26-16-7-2-10(8-13(16)18)15-9-14(17(19)20)22-23(15)11-3-5-12(6-4-11)27(21,24)25/h2-5,7-9,12,17H,6H2,1H3,(H2,21,24,25). The molecule has 0 saturated carbocycles. The van der Waals surface area contributed by atoms with Gasteiger partial charge in [-0.25, -0.2) is 31.4 Å². The van der Waals surface area contributed by atoms with Gasteiger partial charge in [0.25, 0.3) is 6.43 Å². The molecular weight excluding hydrogens is 383 g/mol. The first-order valence-corrected chi connectivity index (χ1v) is 9.44. The van der Waals surface area contributed by atoms with Gasteiger partial charge in [-0.2, -0.15) is 5.10 Å². The summed E-state index contributed by atoms with van der Waals surface area (Å²) >= 11 is 0. The minimum absolute atomic E-state index is 0.0201. The fraction of sp³-hybridized carbons (Fsp3) is 0.235. The number of halogens is 3. The minimum atomic E-state index is -3.76. The number of hydrogen-bond donors (Lipinski definition) is 1. The number of hydrogen-bond acceptors (Lipinski definition) is 4. The summed E-state index contributed by atoms with van der Waals surface area (Å²) < 4.78 is 69.3. The molecule has 1 unspecified atom stereocenters. The van der Waals surface area contributed by atoms with Crippen molar-refractivity contribution in [3.63, 3.8) is 0 Å². The Morgan fingerprint density at radius 3 is 2.59 bits per heavy atom. The third-order valence-electron chi connectivity index (χ3n) is 4.11. The number of methoxy groups -OCH3 is 1. The third kappa shape index (κ3) is 3.91. The molecule has 1 aromatic carbocycles. The van der Waals surface area contributed by atoms with Gasteiger partial charge in [0.1, 0.15) is 5.69 Å². The second-order valence-corrected chi connectivity index (χ2v) is 7.65. The van der Waals surface area contributed by atoms with E-state index in [9.17, 15) is 21.6 Å². The Bertz CT molecular complexity index is 1030. The number of aromatic nitrogens is 2. The summed E-state index contributed by atoms with van der Waals surface area (Å²) in [6.45, 7) is 0. The van der Waals surface area contributed by atoms with Crippen molar-refractivity contribution in [3.05, 3.63) is 54.0 Å². The Labute approximate surface area is 153 Å². The van der Waals surface area contributed by atoms with Gasteiger partial charge in [0.15, 0.2) is 11.6 Å². The molecule has 27 heavy (non-hydrogen) atoms. The predicted molar refractivity (Wildman–Crippen MR) is 94.1 cm³/mol. The molecule has 0 spiro atoms. The quantitative estimate of drug-likeness (QED) is 0.837. The number of rotatable bonds is 5. The van der Waals surface area contributed by atoms with E-state index in [2.05, 4.69) is 5.10 Å². The molecule has 1 heterocycles. The lowest BCUT2D eigenvalue weighted by Crippen LogP contribution is -2.27. The number of benzene rings is 1. The van der Waals surface area contributed by atoms with Gasteiger partial charge >= 0.3 is 0 Å². The highest BCUT2D eigenvalue weighted by molar-refractivity contribution is 7.89. The summed E-state index contributed by atoms with van der Waals surface area (Å²) in [5.74, 6) is -0.629. The minimum Gasteiger partial charge on any atom is -0.494 e. The Balaban J connectivity index is 2.05. The van der Waals surface area contributed by atoms with Crippen molar-refractivity contribution in [1.29, 1.82) is 0 Å². The van der Waals surface area contributed by atoms with Crippen molar-refractivity contribution in [2.24, 2.45) is 5.14 Å². The van der Waals surface area contributed by atoms with E-state index in [0.717, 1.165) is 12.1 Å². The van der Waals surface area contributed by atoms with Crippen LogP contribution in [0.3, 0.4) is 0 Å². The van der Waals surface area contributed by atoms with Crippen molar-refractivity contribution in [1.82, 2.24) is 9.78 Å². The average Bonchev–Trinajstić information content (AvgIpc) is 3.06. The molecule has 2 aromatic rings. The van der Waals surface area contributed by atoms with Gasteiger partial charge in [0, 0.05) is 5.56 Å². The van der Waals surface area contributed by atoms with Crippen LogP contribution in [0.2, 0.25) is 0 Å². The molecule has 10 heteroatoms. The van der Waals surface area contributed by atoms with Crippen molar-refractivity contribution in [2.45, 2.75) is 18.1 Å². The van der Waals surface area contributed by atoms with E-state index in [4.69, 9.17) is 9.88 Å². The molecule has 1 atom stereocenters. The lowest BCUT2D eigenvalue weighted by molar-refractivity contribution is 0.145. The largest absolute Gasteiger partial charge is 0.494 e. The molecule has 1 aliphatic rings. The van der Waals surface area contributed by atoms with Crippen molar-refractivity contribution >= 4 is 15.7 Å². The van der Waals surface area contributed by atoms with Crippen LogP contribution < -0.4 is 9.88 Å². The number of sulfonamides is 1. The maximum atomic E-state index is 14.0. The number of alkyl halides is 2. The normalized spacial score (nSPS) is 17.3. The van der Waals surface area contributed by atoms with Gasteiger partial charge in [-0.15, -0.1) is 0 Å². The highest BCUT2D eigenvalue weighted by Gasteiger charge is 2.23. The van der Waals surface area contributed by atoms with Crippen LogP contribution in [0.5, 0.6) is 5.75 Å². The third-order valence-corrected chi connectivity index (χ3v) is 5.30. The van der Waals surface area contributed by atoms with E-state index in [1.807, 2.05) is 0 Å². The molecular formula is C17H16F3N3O3S. The Morgan fingerprint density at radius 2 is 2.07 bits per heavy atom. The number of primary sulfonamides is 1. The first-order chi connectivity index (χ1) is 12.7. The van der Waals surface area contributed by atoms with Crippen LogP contribution in [0.4, 0.5) is 13.2 Å². The average molecular weight is 399 g/mol. The molecule has 0 radical (unpaired) electrons. The van der Waals surface area contributed by atoms with E-state index < -0.39 is 33.2 Å². The summed E-state index contributed by atoms with van der Waals surface area (Å²) in [6.07, 6.45) is 1.58. The SMILES string of the molecule is COc1ccc(-c2cc(C(F)F)nn2C2=CCC(S(N)(=O)=O)C=C2)cc1F. The summed E-state index contributed by atoms with van der Waals surface area (Å²) in [6, 6.07) is 5.21. The van der Waals surface area contributed by atoms with E-state index >= 15 is 0 Å². The van der Waals surface area contributed by atoms with Gasteiger partial charge in [0.2, 0.25) is 10.0 Å². The van der Waals surface area contributed by atoms with E-state index in [1.165, 1.54) is 42.2 Å². The topological polar surface area (TPSA) is 87.2 Å². The zero-order chi connectivity index (χ0) is 19.8. The molecule has 1 aromatic heterocycles. The summed E-state index contributed by atoms with van der Waals surface area (Å²) in [5.41, 5.74) is 0.449. The van der Waals surface area contributed by atoms with Crippen LogP contribution in [-0.4, -0.2) is 30.6 Å². The smallest absolute Gasteiger partial charge is 0.282 e. The first-order valence-electron chi connectivity index (χ1n) is 7.83. The summed E-state index contributed by atoms with van der Waals surface area (Å²) in [4.78, 5) is 0. The zero-order valence-electron chi connectivity index (χ0n) is 14.1. The van der Waals surface area contributed by atoms with Crippen molar-refractivity contribution < 1.29 is 26.3 Å². The van der Waals surface area contributed by atoms with Crippen molar-refractivity contribution in [3.8, 4) is 17.0 Å². The summed E-state index contributed by atoms with van der Waals surface area (Å²) in [5, 5.41) is 8.11. The molecule has 0 aliphatic heterocycles. The first kappa shape index (κ1) is 19.2. The van der Waals surface area contributed by atoms with Crippen LogP contribution in [0.15, 0.2) is 42.5 Å². The van der Waals surface area contributed by atoms with Crippen LogP contribution in [0.1, 0.15) is 18.5 Å². The van der Waals surface area contributed by atoms with Crippen molar-refractivity contribution in [2.75, 3.05) is 7.11 Å². The van der Waals surface area contributed by atoms with Gasteiger partial charge in [0.05, 0.1) is 23.8 Å². The number of nitrogens with zero attached hydrogens (tertiary/aromatic N) is 2. The van der Waals surface area contributed by atoms with E-state index in [-0.39, 0.29) is 17.9 Å². The number of ether oxygens (including phenoxy) is 1. The highest BCUT2D eigenvalue weighted by Crippen LogP contribution is 2.32. The van der Waals surface area contributed by atoms with Gasteiger partial charge in [-0.1, -0.05) is 12.2 Å². The summed E-state index contributed by atoms with van der Waals surface area (Å²) in [7, 11) is -2.44. The fourth-order valence-corrected chi connectivity index (χ4v) is 3.39. The molecule has 0 fully saturated rings. The monoisotopic (exact) mass is 399 g/mol. The Kier molecular flexibility index (Phi) is 5.11. The molecule has 0 saturated heterocycles. The van der Waals surface area contributed by atoms with Gasteiger partial charge in [-0.3, -0.25) is 0 Å². The predicted octanol–water partition coefficient (Wildman–Crippen LogP) is 3.09. The maximum Gasteiger partial charge on any atom is 0.282 e. The molecule has 6 nitrogen and oxygen atoms in total. The fourth-order valence-electron chi connectivity index (χ4n) is 2.72. The van der Waals surface area contributed by atoms with Crippen LogP contribution in [-0.2, 0) is 10.0 Å². The molecule has 2 N–H and O–H groups in total. The Morgan fingerprint density at radius 1 is 1.33 bits per heavy atom. The second-order valence-electron chi connectivity index (χ2n) is 5.87. The van der Waals surface area contributed by atoms with Gasteiger partial charge in [-0.05, 0) is 36.8 Å². The molecule has 0 amide bonds. The van der Waals surface area contributed by atoms with E-state index in [0.29, 0.717) is 11.3 Å². The van der Waals surface area contributed by atoms with Crippen LogP contribution >= 0.6 is 0 Å². The molecule has 1 aliphatic carbocycles. The molecule has 0 bridgehead atoms. The Hall–Kier alpha value is -2.59. The molecule has 144 valence electrons. The van der Waals surface area contributed by atoms with Crippen LogP contribution in [0, 0.1) is 5.82 Å². The van der Waals surface area contributed by atoms with Gasteiger partial charge < -0.3 is 4.74 Å². The second kappa shape index (κ2) is 7.20. The highest BCUT2D eigenvalue weighted by atomic mass is 32.2. The lowest BCUT2D eigenvalue weighted by atomic mass is 10.1.